The minimum Gasteiger partial charge on any atom is -0.466 e. The number of rotatable bonds is 62. The molecule has 6 nitrogen and oxygen atoms in total. The van der Waals surface area contributed by atoms with Crippen LogP contribution >= 0.6 is 0 Å². The van der Waals surface area contributed by atoms with Gasteiger partial charge in [-0.25, -0.2) is 0 Å². The van der Waals surface area contributed by atoms with E-state index in [1.807, 2.05) is 6.08 Å². The average molecular weight is 1040 g/mol. The topological polar surface area (TPSA) is 95.9 Å². The maximum atomic E-state index is 12.4. The quantitative estimate of drug-likeness (QED) is 0.0320. The van der Waals surface area contributed by atoms with Crippen LogP contribution in [0.5, 0.6) is 0 Å². The standard InChI is InChI=1S/C68H129NO5/c1-3-5-7-9-11-13-15-16-17-18-33-36-39-42-46-50-54-58-62-68(73)74-63-59-55-51-47-43-40-37-34-31-29-27-25-23-21-19-20-22-24-26-28-30-32-35-38-41-45-49-53-57-61-67(72)69-65(64-70)66(71)60-56-52-48-44-14-12-10-8-6-4-2/h19,21,25,27,56,60,65-66,70-71H,3-18,20,22-24,26,28-55,57-59,61-64H2,1-2H3,(H,69,72)/b21-19-,27-25-,60-56+. The molecule has 0 saturated carbocycles. The van der Waals surface area contributed by atoms with Crippen molar-refractivity contribution in [3.63, 3.8) is 0 Å². The van der Waals surface area contributed by atoms with Crippen LogP contribution in [-0.2, 0) is 14.3 Å². The van der Waals surface area contributed by atoms with E-state index in [4.69, 9.17) is 4.74 Å². The smallest absolute Gasteiger partial charge is 0.305 e. The van der Waals surface area contributed by atoms with Crippen LogP contribution in [0.4, 0.5) is 0 Å². The number of allylic oxidation sites excluding steroid dienone is 5. The summed E-state index contributed by atoms with van der Waals surface area (Å²) in [6.45, 7) is 4.90. The van der Waals surface area contributed by atoms with Gasteiger partial charge in [0.25, 0.3) is 0 Å². The van der Waals surface area contributed by atoms with Gasteiger partial charge >= 0.3 is 5.97 Å². The molecule has 0 aromatic rings. The summed E-state index contributed by atoms with van der Waals surface area (Å²) in [5.41, 5.74) is 0. The fraction of sp³-hybridized carbons (Fsp3) is 0.882. The van der Waals surface area contributed by atoms with E-state index in [2.05, 4.69) is 43.5 Å². The van der Waals surface area contributed by atoms with Crippen LogP contribution in [0, 0.1) is 0 Å². The fourth-order valence-corrected chi connectivity index (χ4v) is 10.3. The Hall–Kier alpha value is -1.92. The number of hydrogen-bond acceptors (Lipinski definition) is 5. The lowest BCUT2D eigenvalue weighted by Gasteiger charge is -2.20. The highest BCUT2D eigenvalue weighted by Gasteiger charge is 2.18. The van der Waals surface area contributed by atoms with Crippen LogP contribution in [-0.4, -0.2) is 47.4 Å². The second-order valence-corrected chi connectivity index (χ2v) is 22.8. The van der Waals surface area contributed by atoms with E-state index in [1.165, 1.54) is 289 Å². The van der Waals surface area contributed by atoms with Gasteiger partial charge < -0.3 is 20.3 Å². The third-order valence-electron chi connectivity index (χ3n) is 15.4. The molecule has 0 bridgehead atoms. The summed E-state index contributed by atoms with van der Waals surface area (Å²) in [5.74, 6) is -0.0540. The van der Waals surface area contributed by atoms with Gasteiger partial charge in [0.1, 0.15) is 0 Å². The van der Waals surface area contributed by atoms with Crippen molar-refractivity contribution in [1.82, 2.24) is 5.32 Å². The molecule has 0 fully saturated rings. The zero-order valence-corrected chi connectivity index (χ0v) is 49.8. The van der Waals surface area contributed by atoms with Gasteiger partial charge in [-0.15, -0.1) is 0 Å². The number of carbonyl (C=O) groups excluding carboxylic acids is 2. The third-order valence-corrected chi connectivity index (χ3v) is 15.4. The van der Waals surface area contributed by atoms with Crippen LogP contribution < -0.4 is 5.32 Å². The number of ether oxygens (including phenoxy) is 1. The molecule has 6 heteroatoms. The number of nitrogens with one attached hydrogen (secondary N) is 1. The molecular weight excluding hydrogens is 911 g/mol. The highest BCUT2D eigenvalue weighted by Crippen LogP contribution is 2.18. The van der Waals surface area contributed by atoms with Crippen LogP contribution in [0.25, 0.3) is 0 Å². The second-order valence-electron chi connectivity index (χ2n) is 22.8. The van der Waals surface area contributed by atoms with Crippen molar-refractivity contribution in [2.24, 2.45) is 0 Å². The van der Waals surface area contributed by atoms with Crippen LogP contribution in [0.2, 0.25) is 0 Å². The lowest BCUT2D eigenvalue weighted by atomic mass is 10.0. The molecule has 0 aromatic carbocycles. The summed E-state index contributed by atoms with van der Waals surface area (Å²) in [4.78, 5) is 24.5. The number of aliphatic hydroxyl groups excluding tert-OH is 2. The third kappa shape index (κ3) is 59.3. The molecule has 1 amide bonds. The highest BCUT2D eigenvalue weighted by atomic mass is 16.5. The SMILES string of the molecule is CCCCCCCCCC/C=C/C(O)C(CO)NC(=O)CCCCCCCCCCCCCCC/C=C\C/C=C\CCCCCCCCCCCOC(=O)CCCCCCCCCCCCCCCCCCCC. The van der Waals surface area contributed by atoms with Gasteiger partial charge in [0.2, 0.25) is 5.91 Å². The van der Waals surface area contributed by atoms with Crippen LogP contribution in [0.1, 0.15) is 361 Å². The van der Waals surface area contributed by atoms with E-state index in [0.29, 0.717) is 19.4 Å². The summed E-state index contributed by atoms with van der Waals surface area (Å²) in [6, 6.07) is -0.627. The maximum absolute atomic E-state index is 12.4. The fourth-order valence-electron chi connectivity index (χ4n) is 10.3. The number of hydrogen-bond donors (Lipinski definition) is 3. The minimum atomic E-state index is -0.843. The number of amides is 1. The van der Waals surface area contributed by atoms with E-state index in [0.717, 1.165) is 44.9 Å². The largest absolute Gasteiger partial charge is 0.466 e. The second kappa shape index (κ2) is 63.6. The molecular formula is C68H129NO5. The number of esters is 1. The Kier molecular flexibility index (Phi) is 62.0. The van der Waals surface area contributed by atoms with Gasteiger partial charge in [-0.1, -0.05) is 320 Å². The Morgan fingerprint density at radius 2 is 0.676 bits per heavy atom. The first kappa shape index (κ1) is 72.1. The first-order valence-electron chi connectivity index (χ1n) is 33.3. The van der Waals surface area contributed by atoms with E-state index in [9.17, 15) is 19.8 Å². The summed E-state index contributed by atoms with van der Waals surface area (Å²) in [7, 11) is 0. The minimum absolute atomic E-state index is 0.0162. The molecule has 2 unspecified atom stereocenters. The van der Waals surface area contributed by atoms with Gasteiger partial charge in [0.05, 0.1) is 25.4 Å². The molecule has 0 aliphatic rings. The van der Waals surface area contributed by atoms with Crippen LogP contribution in [0.15, 0.2) is 36.5 Å². The van der Waals surface area contributed by atoms with E-state index in [-0.39, 0.29) is 18.5 Å². The summed E-state index contributed by atoms with van der Waals surface area (Å²) in [6.07, 6.45) is 80.8. The van der Waals surface area contributed by atoms with Crippen molar-refractivity contribution < 1.29 is 24.5 Å². The first-order chi connectivity index (χ1) is 36.5. The Labute approximate surface area is 462 Å². The van der Waals surface area contributed by atoms with E-state index < -0.39 is 12.1 Å². The lowest BCUT2D eigenvalue weighted by Crippen LogP contribution is -2.45. The normalized spacial score (nSPS) is 12.8. The average Bonchev–Trinajstić information content (AvgIpc) is 3.40. The first-order valence-corrected chi connectivity index (χ1v) is 33.3. The molecule has 0 rings (SSSR count). The molecule has 0 aliphatic heterocycles. The molecule has 0 spiro atoms. The van der Waals surface area contributed by atoms with E-state index in [1.54, 1.807) is 6.08 Å². The van der Waals surface area contributed by atoms with Gasteiger partial charge in [-0.05, 0) is 64.2 Å². The van der Waals surface area contributed by atoms with Crippen molar-refractivity contribution in [3.05, 3.63) is 36.5 Å². The molecule has 74 heavy (non-hydrogen) atoms. The number of unbranched alkanes of at least 4 members (excludes halogenated alkanes) is 47. The number of carbonyl (C=O) groups is 2. The summed E-state index contributed by atoms with van der Waals surface area (Å²) >= 11 is 0. The summed E-state index contributed by atoms with van der Waals surface area (Å²) < 4.78 is 5.50. The Morgan fingerprint density at radius 1 is 0.378 bits per heavy atom. The van der Waals surface area contributed by atoms with E-state index >= 15 is 0 Å². The van der Waals surface area contributed by atoms with Gasteiger partial charge in [-0.3, -0.25) is 9.59 Å². The predicted molar refractivity (Wildman–Crippen MR) is 324 cm³/mol. The van der Waals surface area contributed by atoms with Gasteiger partial charge in [-0.2, -0.15) is 0 Å². The van der Waals surface area contributed by atoms with Gasteiger partial charge in [0.15, 0.2) is 0 Å². The lowest BCUT2D eigenvalue weighted by molar-refractivity contribution is -0.143. The van der Waals surface area contributed by atoms with Crippen molar-refractivity contribution in [1.29, 1.82) is 0 Å². The molecule has 0 saturated heterocycles. The molecule has 436 valence electrons. The maximum Gasteiger partial charge on any atom is 0.305 e. The molecule has 0 heterocycles. The van der Waals surface area contributed by atoms with Crippen molar-refractivity contribution in [2.75, 3.05) is 13.2 Å². The molecule has 2 atom stereocenters. The van der Waals surface area contributed by atoms with Crippen LogP contribution in [0.3, 0.4) is 0 Å². The monoisotopic (exact) mass is 1040 g/mol. The molecule has 0 radical (unpaired) electrons. The van der Waals surface area contributed by atoms with Crippen molar-refractivity contribution in [2.45, 2.75) is 373 Å². The summed E-state index contributed by atoms with van der Waals surface area (Å²) in [5, 5.41) is 23.0. The Balaban J connectivity index is 3.38. The Morgan fingerprint density at radius 3 is 1.03 bits per heavy atom. The zero-order chi connectivity index (χ0) is 53.6. The molecule has 3 N–H and O–H groups in total. The zero-order valence-electron chi connectivity index (χ0n) is 49.8. The highest BCUT2D eigenvalue weighted by molar-refractivity contribution is 5.76. The molecule has 0 aromatic heterocycles. The van der Waals surface area contributed by atoms with Gasteiger partial charge in [0, 0.05) is 12.8 Å². The Bertz CT molecular complexity index is 1200. The number of aliphatic hydroxyl groups is 2. The predicted octanol–water partition coefficient (Wildman–Crippen LogP) is 21.1. The molecule has 0 aliphatic carbocycles. The van der Waals surface area contributed by atoms with Crippen molar-refractivity contribution >= 4 is 11.9 Å². The van der Waals surface area contributed by atoms with Crippen molar-refractivity contribution in [3.8, 4) is 0 Å².